The van der Waals surface area contributed by atoms with Gasteiger partial charge in [0.1, 0.15) is 11.4 Å². The fraction of sp³-hybridized carbons (Fsp3) is 0.355. The summed E-state index contributed by atoms with van der Waals surface area (Å²) in [5, 5.41) is 10.3. The summed E-state index contributed by atoms with van der Waals surface area (Å²) in [4.78, 5) is 35.3. The van der Waals surface area contributed by atoms with Gasteiger partial charge in [0.2, 0.25) is 5.91 Å². The third kappa shape index (κ3) is 8.53. The Bertz CT molecular complexity index is 1580. The molecule has 0 aliphatic heterocycles. The van der Waals surface area contributed by atoms with E-state index >= 15 is 0 Å². The predicted octanol–water partition coefficient (Wildman–Crippen LogP) is 6.52. The Morgan fingerprint density at radius 1 is 1.02 bits per heavy atom. The molecule has 0 unspecified atom stereocenters. The van der Waals surface area contributed by atoms with Crippen LogP contribution in [0.2, 0.25) is 5.02 Å². The number of carbonyl (C=O) groups excluding carboxylic acids is 2. The molecule has 0 saturated heterocycles. The average molecular weight is 656 g/mol. The summed E-state index contributed by atoms with van der Waals surface area (Å²) in [5.41, 5.74) is 6.93. The molecule has 4 N–H and O–H groups in total. The summed E-state index contributed by atoms with van der Waals surface area (Å²) in [7, 11) is 0. The van der Waals surface area contributed by atoms with Gasteiger partial charge in [-0.2, -0.15) is 0 Å². The second-order valence-electron chi connectivity index (χ2n) is 11.0. The van der Waals surface area contributed by atoms with E-state index in [0.29, 0.717) is 35.7 Å². The zero-order valence-corrected chi connectivity index (χ0v) is 26.4. The zero-order valence-electron chi connectivity index (χ0n) is 24.0. The number of anilines is 1. The molecule has 4 rings (SSSR count). The molecule has 0 aliphatic rings. The number of hydrogen-bond acceptors (Lipinski definition) is 7. The molecule has 9 nitrogen and oxygen atoms in total. The zero-order chi connectivity index (χ0) is 30.3. The molecule has 42 heavy (non-hydrogen) atoms. The van der Waals surface area contributed by atoms with Crippen molar-refractivity contribution >= 4 is 67.0 Å². The number of halogens is 2. The van der Waals surface area contributed by atoms with Crippen LogP contribution in [0, 0.1) is 0 Å². The minimum Gasteiger partial charge on any atom is -0.444 e. The van der Waals surface area contributed by atoms with Gasteiger partial charge in [-0.1, -0.05) is 23.7 Å². The Kier molecular flexibility index (Phi) is 10.6. The summed E-state index contributed by atoms with van der Waals surface area (Å²) >= 11 is 9.67. The fourth-order valence-corrected chi connectivity index (χ4v) is 4.95. The predicted molar refractivity (Wildman–Crippen MR) is 172 cm³/mol. The van der Waals surface area contributed by atoms with Crippen molar-refractivity contribution in [2.75, 3.05) is 31.5 Å². The summed E-state index contributed by atoms with van der Waals surface area (Å²) in [6.07, 6.45) is 4.91. The van der Waals surface area contributed by atoms with Crippen molar-refractivity contribution in [1.29, 1.82) is 0 Å². The normalized spacial score (nSPS) is 11.5. The monoisotopic (exact) mass is 654 g/mol. The van der Waals surface area contributed by atoms with Crippen LogP contribution in [0.1, 0.15) is 49.5 Å². The molecule has 0 saturated carbocycles. The van der Waals surface area contributed by atoms with Gasteiger partial charge in [-0.3, -0.25) is 9.78 Å². The molecule has 2 aromatic heterocycles. The van der Waals surface area contributed by atoms with Gasteiger partial charge in [0.25, 0.3) is 0 Å². The largest absolute Gasteiger partial charge is 0.444 e. The van der Waals surface area contributed by atoms with Gasteiger partial charge in [0.05, 0.1) is 10.5 Å². The SMILES string of the molecule is CC(C)(C)OC(=O)N(CCCCNCCNc1nc2cc(C(N)=O)ccc2c2cnccc12)Cc1ccc(Br)c(Cl)c1. The number of unbranched alkanes of at least 4 members (excludes halogenated alkanes) is 1. The second-order valence-corrected chi connectivity index (χ2v) is 12.3. The van der Waals surface area contributed by atoms with Crippen molar-refractivity contribution in [3.63, 3.8) is 0 Å². The fourth-order valence-electron chi connectivity index (χ4n) is 4.50. The lowest BCUT2D eigenvalue weighted by molar-refractivity contribution is 0.0230. The Hall–Kier alpha value is -3.47. The molecule has 2 heterocycles. The standard InChI is InChI=1S/C31H36BrClN6O3/c1-31(2,3)42-30(41)39(19-20-6-9-25(32)26(33)16-20)15-5-4-11-35-13-14-37-29-23-10-12-36-18-24(23)22-8-7-21(28(34)40)17-27(22)38-29/h6-10,12,16-18,35H,4-5,11,13-15,19H2,1-3H3,(H2,34,40)(H,37,38). The van der Waals surface area contributed by atoms with E-state index in [-0.39, 0.29) is 6.09 Å². The van der Waals surface area contributed by atoms with Gasteiger partial charge in [-0.25, -0.2) is 9.78 Å². The maximum absolute atomic E-state index is 12.9. The molecular weight excluding hydrogens is 620 g/mol. The van der Waals surface area contributed by atoms with E-state index in [1.54, 1.807) is 29.4 Å². The van der Waals surface area contributed by atoms with E-state index in [1.807, 2.05) is 51.1 Å². The number of nitrogens with one attached hydrogen (secondary N) is 2. The van der Waals surface area contributed by atoms with E-state index in [2.05, 4.69) is 31.5 Å². The number of aromatic nitrogens is 2. The number of hydrogen-bond donors (Lipinski definition) is 3. The Morgan fingerprint density at radius 3 is 2.57 bits per heavy atom. The molecule has 0 fully saturated rings. The minimum atomic E-state index is -0.576. The van der Waals surface area contributed by atoms with Crippen LogP contribution in [0.15, 0.2) is 59.3 Å². The number of nitrogens with two attached hydrogens (primary N) is 1. The Balaban J connectivity index is 1.28. The molecule has 0 bridgehead atoms. The third-order valence-corrected chi connectivity index (χ3v) is 7.75. The first-order chi connectivity index (χ1) is 20.0. The summed E-state index contributed by atoms with van der Waals surface area (Å²) in [6.45, 7) is 8.75. The number of carbonyl (C=O) groups is 2. The minimum absolute atomic E-state index is 0.341. The maximum atomic E-state index is 12.9. The first kappa shape index (κ1) is 31.5. The van der Waals surface area contributed by atoms with Gasteiger partial charge in [-0.15, -0.1) is 0 Å². The van der Waals surface area contributed by atoms with Crippen LogP contribution in [-0.2, 0) is 11.3 Å². The highest BCUT2D eigenvalue weighted by Crippen LogP contribution is 2.29. The lowest BCUT2D eigenvalue weighted by atomic mass is 10.1. The van der Waals surface area contributed by atoms with Crippen LogP contribution < -0.4 is 16.4 Å². The maximum Gasteiger partial charge on any atom is 0.410 e. The Labute approximate surface area is 259 Å². The van der Waals surface area contributed by atoms with Crippen LogP contribution in [0.5, 0.6) is 0 Å². The highest BCUT2D eigenvalue weighted by atomic mass is 79.9. The molecule has 4 aromatic rings. The number of pyridine rings is 2. The molecule has 2 aromatic carbocycles. The van der Waals surface area contributed by atoms with Gasteiger partial charge in [-0.05, 0) is 92.0 Å². The van der Waals surface area contributed by atoms with Gasteiger partial charge in [0.15, 0.2) is 0 Å². The second kappa shape index (κ2) is 14.1. The highest BCUT2D eigenvalue weighted by molar-refractivity contribution is 9.10. The lowest BCUT2D eigenvalue weighted by Crippen LogP contribution is -2.37. The molecule has 222 valence electrons. The van der Waals surface area contributed by atoms with Crippen molar-refractivity contribution in [2.45, 2.75) is 45.8 Å². The van der Waals surface area contributed by atoms with Crippen molar-refractivity contribution in [2.24, 2.45) is 5.73 Å². The van der Waals surface area contributed by atoms with E-state index in [9.17, 15) is 9.59 Å². The van der Waals surface area contributed by atoms with Gasteiger partial charge < -0.3 is 26.0 Å². The van der Waals surface area contributed by atoms with Crippen LogP contribution >= 0.6 is 27.5 Å². The van der Waals surface area contributed by atoms with Crippen LogP contribution in [-0.4, -0.2) is 58.6 Å². The molecule has 0 spiro atoms. The number of fused-ring (bicyclic) bond motifs is 3. The van der Waals surface area contributed by atoms with Crippen molar-refractivity contribution < 1.29 is 14.3 Å². The van der Waals surface area contributed by atoms with Crippen LogP contribution in [0.25, 0.3) is 21.7 Å². The number of rotatable bonds is 12. The summed E-state index contributed by atoms with van der Waals surface area (Å²) in [6, 6.07) is 12.9. The van der Waals surface area contributed by atoms with E-state index in [0.717, 1.165) is 57.9 Å². The quantitative estimate of drug-likeness (QED) is 0.117. The molecule has 11 heteroatoms. The number of ether oxygens (including phenoxy) is 1. The smallest absolute Gasteiger partial charge is 0.410 e. The first-order valence-electron chi connectivity index (χ1n) is 13.9. The van der Waals surface area contributed by atoms with E-state index in [4.69, 9.17) is 27.1 Å². The van der Waals surface area contributed by atoms with Crippen LogP contribution in [0.4, 0.5) is 10.6 Å². The van der Waals surface area contributed by atoms with E-state index in [1.165, 1.54) is 0 Å². The number of nitrogens with zero attached hydrogens (tertiary/aromatic N) is 3. The molecule has 2 amide bonds. The van der Waals surface area contributed by atoms with E-state index < -0.39 is 11.5 Å². The number of primary amides is 1. The van der Waals surface area contributed by atoms with Crippen LogP contribution in [0.3, 0.4) is 0 Å². The summed E-state index contributed by atoms with van der Waals surface area (Å²) < 4.78 is 6.46. The molecule has 0 aliphatic carbocycles. The lowest BCUT2D eigenvalue weighted by Gasteiger charge is -2.27. The van der Waals surface area contributed by atoms with Crippen molar-refractivity contribution in [3.05, 3.63) is 75.5 Å². The topological polar surface area (TPSA) is 122 Å². The molecule has 0 atom stereocenters. The van der Waals surface area contributed by atoms with Crippen molar-refractivity contribution in [1.82, 2.24) is 20.2 Å². The Morgan fingerprint density at radius 2 is 1.83 bits per heavy atom. The van der Waals surface area contributed by atoms with Crippen molar-refractivity contribution in [3.8, 4) is 0 Å². The third-order valence-electron chi connectivity index (χ3n) is 6.52. The van der Waals surface area contributed by atoms with Gasteiger partial charge in [0, 0.05) is 64.8 Å². The highest BCUT2D eigenvalue weighted by Gasteiger charge is 2.22. The van der Waals surface area contributed by atoms with Gasteiger partial charge >= 0.3 is 6.09 Å². The number of amides is 2. The number of benzene rings is 2. The summed E-state index contributed by atoms with van der Waals surface area (Å²) in [5.74, 6) is 0.236. The molecular formula is C31H36BrClN6O3. The first-order valence-corrected chi connectivity index (χ1v) is 15.0. The molecule has 0 radical (unpaired) electrons. The average Bonchev–Trinajstić information content (AvgIpc) is 2.94.